The number of halogens is 6. The lowest BCUT2D eigenvalue weighted by molar-refractivity contribution is -0.274. The van der Waals surface area contributed by atoms with Crippen molar-refractivity contribution in [2.45, 2.75) is 71.2 Å². The van der Waals surface area contributed by atoms with E-state index in [0.29, 0.717) is 70.3 Å². The van der Waals surface area contributed by atoms with Gasteiger partial charge in [0.2, 0.25) is 0 Å². The Morgan fingerprint density at radius 3 is 1.80 bits per heavy atom. The van der Waals surface area contributed by atoms with E-state index in [1.54, 1.807) is 43.5 Å². The topological polar surface area (TPSA) is 147 Å². The highest BCUT2D eigenvalue weighted by Gasteiger charge is 2.47. The van der Waals surface area contributed by atoms with Crippen molar-refractivity contribution in [1.29, 1.82) is 0 Å². The molecule has 0 aliphatic rings. The highest BCUT2D eigenvalue weighted by Crippen LogP contribution is 2.37. The summed E-state index contributed by atoms with van der Waals surface area (Å²) in [6.07, 6.45) is -8.24. The number of hydrogen-bond acceptors (Lipinski definition) is 11. The van der Waals surface area contributed by atoms with Gasteiger partial charge in [0.15, 0.2) is 0 Å². The summed E-state index contributed by atoms with van der Waals surface area (Å²) in [6.45, 7) is 5.63. The molecule has 1 unspecified atom stereocenters. The van der Waals surface area contributed by atoms with Crippen LogP contribution in [-0.2, 0) is 28.6 Å². The van der Waals surface area contributed by atoms with Crippen molar-refractivity contribution in [2.75, 3.05) is 13.2 Å². The van der Waals surface area contributed by atoms with E-state index in [0.717, 1.165) is 22.0 Å². The molecule has 2 N–H and O–H groups in total. The number of benzene rings is 4. The largest absolute Gasteiger partial charge is 0.573 e. The van der Waals surface area contributed by atoms with Crippen LogP contribution in [0.1, 0.15) is 50.8 Å². The molecule has 19 heteroatoms. The number of aromatic nitrogens is 2. The van der Waals surface area contributed by atoms with Gasteiger partial charge in [0, 0.05) is 34.2 Å². The number of rotatable bonds is 20. The molecule has 0 spiro atoms. The summed E-state index contributed by atoms with van der Waals surface area (Å²) < 4.78 is 105. The number of alkyl halides is 6. The first-order valence-corrected chi connectivity index (χ1v) is 21.2. The molecule has 0 fully saturated rings. The summed E-state index contributed by atoms with van der Waals surface area (Å²) >= 11 is 2.74. The third-order valence-electron chi connectivity index (χ3n) is 9.43. The number of thiazole rings is 2. The van der Waals surface area contributed by atoms with Gasteiger partial charge in [-0.25, -0.2) is 14.8 Å². The molecule has 2 aromatic heterocycles. The number of para-hydroxylation sites is 1. The molecule has 0 bridgehead atoms. The van der Waals surface area contributed by atoms with Crippen LogP contribution < -0.4 is 23.7 Å². The van der Waals surface area contributed by atoms with Gasteiger partial charge < -0.3 is 33.9 Å². The minimum absolute atomic E-state index is 0.0283. The number of ether oxygens (including phenoxy) is 5. The molecule has 0 aliphatic carbocycles. The summed E-state index contributed by atoms with van der Waals surface area (Å²) in [5, 5.41) is 23.2. The first kappa shape index (κ1) is 47.1. The van der Waals surface area contributed by atoms with Gasteiger partial charge in [-0.2, -0.15) is 13.2 Å². The first-order chi connectivity index (χ1) is 30.3. The van der Waals surface area contributed by atoms with Crippen molar-refractivity contribution >= 4 is 34.6 Å². The molecule has 4 aromatic carbocycles. The lowest BCUT2D eigenvalue weighted by Gasteiger charge is -2.30. The van der Waals surface area contributed by atoms with E-state index in [2.05, 4.69) is 14.7 Å². The van der Waals surface area contributed by atoms with Crippen molar-refractivity contribution in [2.24, 2.45) is 0 Å². The number of carboxylic acid groups (broad SMARTS) is 2. The van der Waals surface area contributed by atoms with Crippen LogP contribution in [0.5, 0.6) is 28.7 Å². The summed E-state index contributed by atoms with van der Waals surface area (Å²) in [5.41, 5.74) is 1.89. The number of carboxylic acids is 2. The van der Waals surface area contributed by atoms with Crippen LogP contribution in [0.3, 0.4) is 0 Å². The smallest absolute Gasteiger partial charge is 0.494 e. The van der Waals surface area contributed by atoms with Crippen LogP contribution >= 0.6 is 22.7 Å². The summed E-state index contributed by atoms with van der Waals surface area (Å²) in [7, 11) is 0. The molecule has 6 aromatic rings. The molecule has 0 saturated carbocycles. The summed E-state index contributed by atoms with van der Waals surface area (Å²) in [5.74, 6) is -5.29. The van der Waals surface area contributed by atoms with Gasteiger partial charge in [-0.3, -0.25) is 4.79 Å². The maximum atomic E-state index is 13.0. The van der Waals surface area contributed by atoms with Gasteiger partial charge in [-0.1, -0.05) is 24.3 Å². The Morgan fingerprint density at radius 1 is 0.688 bits per heavy atom. The lowest BCUT2D eigenvalue weighted by atomic mass is 10.1. The first-order valence-electron chi connectivity index (χ1n) is 19.5. The van der Waals surface area contributed by atoms with Crippen LogP contribution in [0, 0.1) is 20.8 Å². The molecule has 0 radical (unpaired) electrons. The highest BCUT2D eigenvalue weighted by molar-refractivity contribution is 7.12. The Balaban J connectivity index is 1.02. The fourth-order valence-electron chi connectivity index (χ4n) is 6.37. The molecule has 0 aliphatic heterocycles. The highest BCUT2D eigenvalue weighted by atomic mass is 32.1. The Morgan fingerprint density at radius 2 is 1.27 bits per heavy atom. The molecule has 0 saturated heterocycles. The second-order valence-electron chi connectivity index (χ2n) is 14.3. The fourth-order valence-corrected chi connectivity index (χ4v) is 8.21. The van der Waals surface area contributed by atoms with Gasteiger partial charge in [0.05, 0.1) is 40.2 Å². The predicted octanol–water partition coefficient (Wildman–Crippen LogP) is 11.5. The Kier molecular flexibility index (Phi) is 14.7. The van der Waals surface area contributed by atoms with Crippen LogP contribution in [-0.4, -0.2) is 57.5 Å². The van der Waals surface area contributed by atoms with Gasteiger partial charge in [-0.05, 0) is 105 Å². The Labute approximate surface area is 370 Å². The Hall–Kier alpha value is -6.34. The maximum absolute atomic E-state index is 13.0. The number of aryl methyl sites for hydroxylation is 5. The van der Waals surface area contributed by atoms with E-state index >= 15 is 0 Å². The second kappa shape index (κ2) is 20.0. The Bertz CT molecular complexity index is 2580. The summed E-state index contributed by atoms with van der Waals surface area (Å²) in [4.78, 5) is 34.7. The lowest BCUT2D eigenvalue weighted by Crippen LogP contribution is -2.52. The third kappa shape index (κ3) is 12.4. The number of carbonyl (C=O) groups is 2. The normalized spacial score (nSPS) is 12.6. The maximum Gasteiger partial charge on any atom is 0.573 e. The van der Waals surface area contributed by atoms with Crippen molar-refractivity contribution in [3.8, 4) is 51.3 Å². The number of aliphatic carboxylic acids is 2. The van der Waals surface area contributed by atoms with E-state index in [4.69, 9.17) is 18.9 Å². The van der Waals surface area contributed by atoms with Gasteiger partial charge in [0.1, 0.15) is 35.2 Å². The quantitative estimate of drug-likeness (QED) is 0.0428. The van der Waals surface area contributed by atoms with Crippen LogP contribution in [0.2, 0.25) is 0 Å². The zero-order valence-electron chi connectivity index (χ0n) is 34.3. The standard InChI is InChI=1S/C45H40F6N2O9S2/c1-26-22-31(58-20-6-10-38-52-34(25-63-38)33-8-4-5-9-37(33)62-45(49,50)51)16-18-35(26)60-43(42(56)57,24-40(54)55)61-36-19-17-32(23-27(36)2)59-21-7-11-39-53-41(28(3)64-39)29-12-14-30(15-13-29)44(46,47)48/h4-5,8-9,12-19,22-23,25H,6-7,10-11,20-21,24H2,1-3H3,(H,54,55)(H,56,57). The molecular weight excluding hydrogens is 891 g/mol. The zero-order chi connectivity index (χ0) is 46.2. The van der Waals surface area contributed by atoms with Crippen molar-refractivity contribution in [3.05, 3.63) is 122 Å². The zero-order valence-corrected chi connectivity index (χ0v) is 36.0. The van der Waals surface area contributed by atoms with E-state index in [1.807, 2.05) is 6.92 Å². The fraction of sp³-hybridized carbons (Fsp3) is 0.289. The molecule has 338 valence electrons. The van der Waals surface area contributed by atoms with Gasteiger partial charge >= 0.3 is 30.3 Å². The molecule has 1 atom stereocenters. The van der Waals surface area contributed by atoms with Gasteiger partial charge in [-0.15, -0.1) is 35.8 Å². The second-order valence-corrected chi connectivity index (χ2v) is 16.6. The molecule has 6 rings (SSSR count). The van der Waals surface area contributed by atoms with Crippen molar-refractivity contribution < 1.29 is 69.8 Å². The predicted molar refractivity (Wildman–Crippen MR) is 225 cm³/mol. The molecule has 2 heterocycles. The van der Waals surface area contributed by atoms with Crippen LogP contribution in [0.15, 0.2) is 90.3 Å². The minimum atomic E-state index is -4.85. The molecule has 64 heavy (non-hydrogen) atoms. The molecule has 0 amide bonds. The van der Waals surface area contributed by atoms with E-state index in [9.17, 15) is 46.1 Å². The molecule has 11 nitrogen and oxygen atoms in total. The van der Waals surface area contributed by atoms with Crippen molar-refractivity contribution in [3.63, 3.8) is 0 Å². The monoisotopic (exact) mass is 930 g/mol. The third-order valence-corrected chi connectivity index (χ3v) is 11.4. The van der Waals surface area contributed by atoms with Gasteiger partial charge in [0.25, 0.3) is 0 Å². The van der Waals surface area contributed by atoms with Crippen LogP contribution in [0.25, 0.3) is 22.5 Å². The number of hydrogen-bond donors (Lipinski definition) is 2. The number of nitrogens with zero attached hydrogens (tertiary/aromatic N) is 2. The SMILES string of the molecule is Cc1cc(OCCCc2nc(-c3ccccc3OC(F)(F)F)cs2)ccc1OC(CC(=O)O)(Oc1ccc(OCCCc2nc(-c3ccc(C(F)(F)F)cc3)c(C)s2)cc1C)C(=O)O. The summed E-state index contributed by atoms with van der Waals surface area (Å²) in [6, 6.07) is 19.8. The van der Waals surface area contributed by atoms with E-state index in [-0.39, 0.29) is 36.0 Å². The average Bonchev–Trinajstić information content (AvgIpc) is 3.85. The van der Waals surface area contributed by atoms with Crippen molar-refractivity contribution in [1.82, 2.24) is 9.97 Å². The average molecular weight is 931 g/mol. The van der Waals surface area contributed by atoms with E-state index in [1.165, 1.54) is 71.2 Å². The van der Waals surface area contributed by atoms with Crippen LogP contribution in [0.4, 0.5) is 26.3 Å². The minimum Gasteiger partial charge on any atom is -0.494 e. The molecular formula is C45H40F6N2O9S2. The van der Waals surface area contributed by atoms with E-state index < -0.39 is 42.2 Å².